The van der Waals surface area contributed by atoms with E-state index >= 15 is 0 Å². The van der Waals surface area contributed by atoms with E-state index in [2.05, 4.69) is 12.1 Å². The van der Waals surface area contributed by atoms with Crippen LogP contribution in [0.4, 0.5) is 0 Å². The first-order chi connectivity index (χ1) is 11.7. The molecule has 0 fully saturated rings. The molecule has 0 saturated heterocycles. The number of methoxy groups -OCH3 is 1. The lowest BCUT2D eigenvalue weighted by Gasteiger charge is -2.22. The predicted molar refractivity (Wildman–Crippen MR) is 102 cm³/mol. The van der Waals surface area contributed by atoms with Crippen molar-refractivity contribution in [2.24, 2.45) is 5.73 Å². The molecule has 0 aliphatic rings. The fourth-order valence-corrected chi connectivity index (χ4v) is 2.39. The van der Waals surface area contributed by atoms with Crippen molar-refractivity contribution in [1.82, 2.24) is 4.90 Å². The van der Waals surface area contributed by atoms with Crippen LogP contribution < -0.4 is 15.2 Å². The summed E-state index contributed by atoms with van der Waals surface area (Å²) >= 11 is 0. The number of halogens is 1. The summed E-state index contributed by atoms with van der Waals surface area (Å²) in [6, 6.07) is 17.4. The molecule has 136 valence electrons. The maximum Gasteiger partial charge on any atom is 0.260 e. The zero-order valence-corrected chi connectivity index (χ0v) is 15.2. The van der Waals surface area contributed by atoms with Gasteiger partial charge in [-0.2, -0.15) is 0 Å². The van der Waals surface area contributed by atoms with Crippen molar-refractivity contribution in [3.8, 4) is 11.5 Å². The van der Waals surface area contributed by atoms with Gasteiger partial charge in [0.05, 0.1) is 7.11 Å². The summed E-state index contributed by atoms with van der Waals surface area (Å²) in [6.07, 6.45) is 0.793. The third-order valence-corrected chi connectivity index (χ3v) is 3.69. The predicted octanol–water partition coefficient (Wildman–Crippen LogP) is 2.53. The molecule has 0 saturated carbocycles. The highest BCUT2D eigenvalue weighted by atomic mass is 35.5. The third kappa shape index (κ3) is 6.64. The van der Waals surface area contributed by atoms with Gasteiger partial charge in [0.2, 0.25) is 0 Å². The summed E-state index contributed by atoms with van der Waals surface area (Å²) in [5.74, 6) is 1.09. The van der Waals surface area contributed by atoms with E-state index in [0.29, 0.717) is 31.1 Å². The van der Waals surface area contributed by atoms with Gasteiger partial charge in [-0.15, -0.1) is 12.4 Å². The van der Waals surface area contributed by atoms with Gasteiger partial charge in [-0.3, -0.25) is 4.79 Å². The largest absolute Gasteiger partial charge is 0.493 e. The topological polar surface area (TPSA) is 64.8 Å². The summed E-state index contributed by atoms with van der Waals surface area (Å²) in [6.45, 7) is 1.53. The van der Waals surface area contributed by atoms with E-state index in [9.17, 15) is 4.79 Å². The second-order valence-electron chi connectivity index (χ2n) is 5.34. The minimum Gasteiger partial charge on any atom is -0.493 e. The number of carbonyl (C=O) groups excluding carboxylic acids is 1. The molecular weight excluding hydrogens is 340 g/mol. The fourth-order valence-electron chi connectivity index (χ4n) is 2.39. The molecule has 0 unspecified atom stereocenters. The van der Waals surface area contributed by atoms with Crippen molar-refractivity contribution in [2.45, 2.75) is 6.42 Å². The quantitative estimate of drug-likeness (QED) is 0.742. The Morgan fingerprint density at radius 2 is 1.64 bits per heavy atom. The molecule has 0 atom stereocenters. The zero-order chi connectivity index (χ0) is 17.2. The van der Waals surface area contributed by atoms with Gasteiger partial charge < -0.3 is 20.1 Å². The average molecular weight is 365 g/mol. The standard InChI is InChI=1S/C19H24N2O3.ClH/c1-23-17-9-5-6-10-18(17)24-15-19(22)21(14-12-20)13-11-16-7-3-2-4-8-16;/h2-10H,11-15,20H2,1H3;1H. The molecule has 2 aromatic rings. The molecule has 2 N–H and O–H groups in total. The molecule has 5 nitrogen and oxygen atoms in total. The summed E-state index contributed by atoms with van der Waals surface area (Å²) < 4.78 is 10.8. The Balaban J connectivity index is 0.00000312. The first kappa shape index (κ1) is 20.8. The number of carbonyl (C=O) groups is 1. The van der Waals surface area contributed by atoms with Crippen LogP contribution in [0.2, 0.25) is 0 Å². The number of nitrogens with two attached hydrogens (primary N) is 1. The normalized spacial score (nSPS) is 9.84. The molecule has 0 aromatic heterocycles. The van der Waals surface area contributed by atoms with E-state index < -0.39 is 0 Å². The first-order valence-corrected chi connectivity index (χ1v) is 8.02. The van der Waals surface area contributed by atoms with Gasteiger partial charge in [0, 0.05) is 19.6 Å². The summed E-state index contributed by atoms with van der Waals surface area (Å²) in [5, 5.41) is 0. The molecule has 0 aliphatic heterocycles. The van der Waals surface area contributed by atoms with Crippen LogP contribution in [-0.2, 0) is 11.2 Å². The van der Waals surface area contributed by atoms with Gasteiger partial charge in [0.1, 0.15) is 0 Å². The van der Waals surface area contributed by atoms with Crippen molar-refractivity contribution in [3.63, 3.8) is 0 Å². The molecule has 6 heteroatoms. The van der Waals surface area contributed by atoms with Gasteiger partial charge in [-0.05, 0) is 24.1 Å². The number of hydrogen-bond donors (Lipinski definition) is 1. The van der Waals surface area contributed by atoms with Crippen LogP contribution in [0.3, 0.4) is 0 Å². The van der Waals surface area contributed by atoms with Crippen molar-refractivity contribution < 1.29 is 14.3 Å². The van der Waals surface area contributed by atoms with Crippen LogP contribution in [0.25, 0.3) is 0 Å². The third-order valence-electron chi connectivity index (χ3n) is 3.69. The molecular formula is C19H25ClN2O3. The molecule has 0 radical (unpaired) electrons. The molecule has 25 heavy (non-hydrogen) atoms. The fraction of sp³-hybridized carbons (Fsp3) is 0.316. The van der Waals surface area contributed by atoms with Crippen LogP contribution in [0.5, 0.6) is 11.5 Å². The van der Waals surface area contributed by atoms with Gasteiger partial charge in [0.25, 0.3) is 5.91 Å². The molecule has 2 aromatic carbocycles. The van der Waals surface area contributed by atoms with E-state index in [0.717, 1.165) is 6.42 Å². The second kappa shape index (κ2) is 11.3. The van der Waals surface area contributed by atoms with Crippen LogP contribution in [-0.4, -0.2) is 44.2 Å². The smallest absolute Gasteiger partial charge is 0.260 e. The van der Waals surface area contributed by atoms with E-state index in [1.54, 1.807) is 24.1 Å². The van der Waals surface area contributed by atoms with Gasteiger partial charge in [0.15, 0.2) is 18.1 Å². The highest BCUT2D eigenvalue weighted by Gasteiger charge is 2.14. The Morgan fingerprint density at radius 3 is 2.28 bits per heavy atom. The van der Waals surface area contributed by atoms with Crippen LogP contribution in [0, 0.1) is 0 Å². The number of rotatable bonds is 9. The maximum absolute atomic E-state index is 12.4. The Kier molecular flexibility index (Phi) is 9.43. The van der Waals surface area contributed by atoms with E-state index in [1.165, 1.54) is 5.56 Å². The number of amides is 1. The van der Waals surface area contributed by atoms with Crippen LogP contribution in [0.1, 0.15) is 5.56 Å². The Bertz CT molecular complexity index is 638. The molecule has 0 spiro atoms. The first-order valence-electron chi connectivity index (χ1n) is 8.02. The lowest BCUT2D eigenvalue weighted by Crippen LogP contribution is -2.39. The minimum atomic E-state index is -0.0812. The second-order valence-corrected chi connectivity index (χ2v) is 5.34. The van der Waals surface area contributed by atoms with E-state index in [4.69, 9.17) is 15.2 Å². The zero-order valence-electron chi connectivity index (χ0n) is 14.4. The molecule has 0 aliphatic carbocycles. The highest BCUT2D eigenvalue weighted by molar-refractivity contribution is 5.85. The molecule has 0 heterocycles. The Morgan fingerprint density at radius 1 is 1.00 bits per heavy atom. The van der Waals surface area contributed by atoms with Crippen LogP contribution in [0.15, 0.2) is 54.6 Å². The van der Waals surface area contributed by atoms with Crippen molar-refractivity contribution in [3.05, 3.63) is 60.2 Å². The number of ether oxygens (including phenoxy) is 2. The van der Waals surface area contributed by atoms with E-state index in [-0.39, 0.29) is 24.9 Å². The molecule has 2 rings (SSSR count). The summed E-state index contributed by atoms with van der Waals surface area (Å²) in [5.41, 5.74) is 6.83. The highest BCUT2D eigenvalue weighted by Crippen LogP contribution is 2.25. The molecule has 1 amide bonds. The lowest BCUT2D eigenvalue weighted by atomic mass is 10.1. The number of nitrogens with zero attached hydrogens (tertiary/aromatic N) is 1. The monoisotopic (exact) mass is 364 g/mol. The number of para-hydroxylation sites is 2. The Hall–Kier alpha value is -2.24. The number of hydrogen-bond acceptors (Lipinski definition) is 4. The van der Waals surface area contributed by atoms with Crippen molar-refractivity contribution >= 4 is 18.3 Å². The summed E-state index contributed by atoms with van der Waals surface area (Å²) in [4.78, 5) is 14.2. The maximum atomic E-state index is 12.4. The van der Waals surface area contributed by atoms with Crippen molar-refractivity contribution in [1.29, 1.82) is 0 Å². The lowest BCUT2D eigenvalue weighted by molar-refractivity contribution is -0.133. The minimum absolute atomic E-state index is 0. The van der Waals surface area contributed by atoms with Gasteiger partial charge in [-0.1, -0.05) is 42.5 Å². The molecule has 0 bridgehead atoms. The van der Waals surface area contributed by atoms with Gasteiger partial charge in [-0.25, -0.2) is 0 Å². The van der Waals surface area contributed by atoms with Crippen LogP contribution >= 0.6 is 12.4 Å². The van der Waals surface area contributed by atoms with Gasteiger partial charge >= 0.3 is 0 Å². The van der Waals surface area contributed by atoms with Crippen molar-refractivity contribution in [2.75, 3.05) is 33.4 Å². The van der Waals surface area contributed by atoms with E-state index in [1.807, 2.05) is 30.3 Å². The Labute approximate surface area is 155 Å². The summed E-state index contributed by atoms with van der Waals surface area (Å²) in [7, 11) is 1.57. The number of benzene rings is 2. The average Bonchev–Trinajstić information content (AvgIpc) is 2.64. The SMILES string of the molecule is COc1ccccc1OCC(=O)N(CCN)CCc1ccccc1.Cl.